The first kappa shape index (κ1) is 18.0. The number of carbonyl (C=O) groups is 2. The number of aryl methyl sites for hydroxylation is 3. The molecule has 0 radical (unpaired) electrons. The van der Waals surface area contributed by atoms with Crippen molar-refractivity contribution in [1.29, 1.82) is 0 Å². The molecule has 0 aromatic carbocycles. The maximum absolute atomic E-state index is 12.1. The molecule has 3 heterocycles. The Morgan fingerprint density at radius 2 is 1.92 bits per heavy atom. The SMILES string of the molecule is Cc1cc(C)n(-c2ccc(NC(=O)CCC(=O)c3ccc(C)s3)cn2)n1. The van der Waals surface area contributed by atoms with E-state index in [-0.39, 0.29) is 24.5 Å². The standard InChI is InChI=1S/C19H20N4O2S/c1-12-10-13(2)23(22-12)18-8-5-15(11-20-18)21-19(25)9-6-16(24)17-7-4-14(3)26-17/h4-5,7-8,10-11H,6,9H2,1-3H3,(H,21,25). The third-order valence-corrected chi connectivity index (χ3v) is 4.89. The summed E-state index contributed by atoms with van der Waals surface area (Å²) in [6, 6.07) is 9.27. The fourth-order valence-corrected chi connectivity index (χ4v) is 3.44. The Kier molecular flexibility index (Phi) is 5.27. The van der Waals surface area contributed by atoms with Crippen LogP contribution in [0.2, 0.25) is 0 Å². The second-order valence-electron chi connectivity index (χ2n) is 6.13. The molecule has 1 N–H and O–H groups in total. The molecule has 0 aliphatic heterocycles. The second kappa shape index (κ2) is 7.61. The van der Waals surface area contributed by atoms with Crippen molar-refractivity contribution in [1.82, 2.24) is 14.8 Å². The number of anilines is 1. The van der Waals surface area contributed by atoms with Crippen LogP contribution in [0.1, 0.15) is 38.8 Å². The summed E-state index contributed by atoms with van der Waals surface area (Å²) in [5, 5.41) is 7.15. The van der Waals surface area contributed by atoms with Gasteiger partial charge in [-0.2, -0.15) is 5.10 Å². The highest BCUT2D eigenvalue weighted by molar-refractivity contribution is 7.14. The van der Waals surface area contributed by atoms with E-state index in [1.165, 1.54) is 11.3 Å². The van der Waals surface area contributed by atoms with Gasteiger partial charge in [-0.15, -0.1) is 11.3 Å². The molecule has 0 saturated heterocycles. The van der Waals surface area contributed by atoms with Gasteiger partial charge >= 0.3 is 0 Å². The molecular weight excluding hydrogens is 348 g/mol. The molecule has 3 aromatic heterocycles. The van der Waals surface area contributed by atoms with Crippen LogP contribution < -0.4 is 5.32 Å². The third-order valence-electron chi connectivity index (χ3n) is 3.85. The lowest BCUT2D eigenvalue weighted by Crippen LogP contribution is -2.13. The summed E-state index contributed by atoms with van der Waals surface area (Å²) in [4.78, 5) is 30.3. The van der Waals surface area contributed by atoms with Crippen LogP contribution in [0.15, 0.2) is 36.5 Å². The summed E-state index contributed by atoms with van der Waals surface area (Å²) in [7, 11) is 0. The fraction of sp³-hybridized carbons (Fsp3) is 0.263. The third kappa shape index (κ3) is 4.23. The van der Waals surface area contributed by atoms with Crippen LogP contribution in [0.25, 0.3) is 5.82 Å². The quantitative estimate of drug-likeness (QED) is 0.670. The van der Waals surface area contributed by atoms with E-state index in [0.717, 1.165) is 16.3 Å². The van der Waals surface area contributed by atoms with Crippen molar-refractivity contribution in [3.8, 4) is 5.82 Å². The summed E-state index contributed by atoms with van der Waals surface area (Å²) in [5.74, 6) is 0.486. The average molecular weight is 368 g/mol. The number of ketones is 1. The minimum absolute atomic E-state index is 0.00347. The maximum Gasteiger partial charge on any atom is 0.224 e. The highest BCUT2D eigenvalue weighted by Gasteiger charge is 2.12. The Labute approximate surface area is 155 Å². The summed E-state index contributed by atoms with van der Waals surface area (Å²) in [6.07, 6.45) is 1.94. The van der Waals surface area contributed by atoms with E-state index in [1.807, 2.05) is 39.0 Å². The molecule has 0 atom stereocenters. The van der Waals surface area contributed by atoms with Gasteiger partial charge in [0.25, 0.3) is 0 Å². The van der Waals surface area contributed by atoms with Crippen molar-refractivity contribution >= 4 is 28.7 Å². The summed E-state index contributed by atoms with van der Waals surface area (Å²) >= 11 is 1.45. The maximum atomic E-state index is 12.1. The summed E-state index contributed by atoms with van der Waals surface area (Å²) in [6.45, 7) is 5.84. The lowest BCUT2D eigenvalue weighted by Gasteiger charge is -2.07. The number of aromatic nitrogens is 3. The predicted octanol–water partition coefficient (Wildman–Crippen LogP) is 3.86. The lowest BCUT2D eigenvalue weighted by molar-refractivity contribution is -0.116. The van der Waals surface area contributed by atoms with E-state index < -0.39 is 0 Å². The van der Waals surface area contributed by atoms with Gasteiger partial charge in [0, 0.05) is 23.4 Å². The zero-order valence-corrected chi connectivity index (χ0v) is 15.8. The van der Waals surface area contributed by atoms with Crippen molar-refractivity contribution in [3.63, 3.8) is 0 Å². The predicted molar refractivity (Wildman–Crippen MR) is 102 cm³/mol. The largest absolute Gasteiger partial charge is 0.325 e. The van der Waals surface area contributed by atoms with E-state index in [9.17, 15) is 9.59 Å². The molecule has 3 aromatic rings. The van der Waals surface area contributed by atoms with Crippen molar-refractivity contribution in [3.05, 3.63) is 57.7 Å². The molecule has 6 nitrogen and oxygen atoms in total. The highest BCUT2D eigenvalue weighted by Crippen LogP contribution is 2.18. The van der Waals surface area contributed by atoms with Gasteiger partial charge in [-0.05, 0) is 51.1 Å². The zero-order valence-electron chi connectivity index (χ0n) is 14.9. The Hall–Kier alpha value is -2.80. The summed E-state index contributed by atoms with van der Waals surface area (Å²) in [5.41, 5.74) is 2.51. The molecule has 0 fully saturated rings. The zero-order chi connectivity index (χ0) is 18.7. The van der Waals surface area contributed by atoms with Gasteiger partial charge in [0.05, 0.1) is 22.5 Å². The molecule has 0 bridgehead atoms. The first-order valence-electron chi connectivity index (χ1n) is 8.31. The molecule has 0 aliphatic carbocycles. The van der Waals surface area contributed by atoms with E-state index in [4.69, 9.17) is 0 Å². The number of amides is 1. The monoisotopic (exact) mass is 368 g/mol. The van der Waals surface area contributed by atoms with Crippen LogP contribution >= 0.6 is 11.3 Å². The molecule has 1 amide bonds. The van der Waals surface area contributed by atoms with Gasteiger partial charge in [0.15, 0.2) is 11.6 Å². The Morgan fingerprint density at radius 1 is 1.12 bits per heavy atom. The van der Waals surface area contributed by atoms with Crippen LogP contribution in [0.4, 0.5) is 5.69 Å². The van der Waals surface area contributed by atoms with Gasteiger partial charge in [0.2, 0.25) is 5.91 Å². The molecule has 0 saturated carbocycles. The average Bonchev–Trinajstić information content (AvgIpc) is 3.18. The minimum Gasteiger partial charge on any atom is -0.325 e. The van der Waals surface area contributed by atoms with Crippen molar-refractivity contribution in [2.24, 2.45) is 0 Å². The highest BCUT2D eigenvalue weighted by atomic mass is 32.1. The molecule has 7 heteroatoms. The molecular formula is C19H20N4O2S. The van der Waals surface area contributed by atoms with Gasteiger partial charge in [0.1, 0.15) is 0 Å². The van der Waals surface area contributed by atoms with Crippen molar-refractivity contribution in [2.45, 2.75) is 33.6 Å². The second-order valence-corrected chi connectivity index (χ2v) is 7.41. The van der Waals surface area contributed by atoms with Crippen molar-refractivity contribution in [2.75, 3.05) is 5.32 Å². The van der Waals surface area contributed by atoms with Gasteiger partial charge in [-0.3, -0.25) is 9.59 Å². The lowest BCUT2D eigenvalue weighted by atomic mass is 10.2. The van der Waals surface area contributed by atoms with E-state index in [2.05, 4.69) is 15.4 Å². The Bertz CT molecular complexity index is 941. The smallest absolute Gasteiger partial charge is 0.224 e. The van der Waals surface area contributed by atoms with Gasteiger partial charge in [-0.1, -0.05) is 0 Å². The number of Topliss-reactive ketones (excluding diaryl/α,β-unsaturated/α-hetero) is 1. The normalized spacial score (nSPS) is 10.7. The van der Waals surface area contributed by atoms with E-state index >= 15 is 0 Å². The number of rotatable bonds is 6. The van der Waals surface area contributed by atoms with Gasteiger partial charge < -0.3 is 5.32 Å². The number of thiophene rings is 1. The molecule has 134 valence electrons. The molecule has 26 heavy (non-hydrogen) atoms. The Balaban J connectivity index is 1.56. The van der Waals surface area contributed by atoms with Crippen LogP contribution in [0, 0.1) is 20.8 Å². The van der Waals surface area contributed by atoms with Crippen LogP contribution in [-0.2, 0) is 4.79 Å². The van der Waals surface area contributed by atoms with E-state index in [1.54, 1.807) is 23.0 Å². The number of hydrogen-bond donors (Lipinski definition) is 1. The number of nitrogens with one attached hydrogen (secondary N) is 1. The number of nitrogens with zero attached hydrogens (tertiary/aromatic N) is 3. The topological polar surface area (TPSA) is 76.9 Å². The molecule has 3 rings (SSSR count). The van der Waals surface area contributed by atoms with Gasteiger partial charge in [-0.25, -0.2) is 9.67 Å². The molecule has 0 aliphatic rings. The van der Waals surface area contributed by atoms with Crippen LogP contribution in [0.5, 0.6) is 0 Å². The number of carbonyl (C=O) groups excluding carboxylic acids is 2. The molecule has 0 spiro atoms. The van der Waals surface area contributed by atoms with Crippen LogP contribution in [-0.4, -0.2) is 26.5 Å². The fourth-order valence-electron chi connectivity index (χ4n) is 2.60. The Morgan fingerprint density at radius 3 is 2.50 bits per heavy atom. The first-order chi connectivity index (χ1) is 12.4. The first-order valence-corrected chi connectivity index (χ1v) is 9.13. The van der Waals surface area contributed by atoms with E-state index in [0.29, 0.717) is 16.4 Å². The number of hydrogen-bond acceptors (Lipinski definition) is 5. The van der Waals surface area contributed by atoms with Crippen molar-refractivity contribution < 1.29 is 9.59 Å². The summed E-state index contributed by atoms with van der Waals surface area (Å²) < 4.78 is 1.75. The number of pyridine rings is 1. The molecule has 0 unspecified atom stereocenters. The van der Waals surface area contributed by atoms with Crippen LogP contribution in [0.3, 0.4) is 0 Å². The minimum atomic E-state index is -0.202.